The van der Waals surface area contributed by atoms with Crippen LogP contribution < -0.4 is 5.32 Å². The van der Waals surface area contributed by atoms with E-state index < -0.39 is 4.92 Å². The van der Waals surface area contributed by atoms with Crippen molar-refractivity contribution in [3.63, 3.8) is 0 Å². The number of hydrogen-bond acceptors (Lipinski definition) is 5. The third-order valence-corrected chi connectivity index (χ3v) is 2.57. The van der Waals surface area contributed by atoms with E-state index in [1.165, 1.54) is 10.9 Å². The normalized spacial score (nSPS) is 10.6. The highest BCUT2D eigenvalue weighted by Crippen LogP contribution is 2.21. The van der Waals surface area contributed by atoms with Crippen molar-refractivity contribution in [1.82, 2.24) is 19.3 Å². The van der Waals surface area contributed by atoms with Gasteiger partial charge in [0.1, 0.15) is 12.0 Å². The Labute approximate surface area is 103 Å². The van der Waals surface area contributed by atoms with Gasteiger partial charge in [0, 0.05) is 39.5 Å². The average molecular weight is 250 g/mol. The van der Waals surface area contributed by atoms with Crippen LogP contribution in [0, 0.1) is 10.1 Å². The fraction of sp³-hybridized carbons (Fsp3) is 0.400. The molecule has 2 aromatic heterocycles. The number of anilines is 1. The van der Waals surface area contributed by atoms with Crippen LogP contribution in [0.1, 0.15) is 5.82 Å². The molecule has 2 heterocycles. The maximum absolute atomic E-state index is 10.8. The van der Waals surface area contributed by atoms with Gasteiger partial charge in [0.15, 0.2) is 0 Å². The largest absolute Gasteiger partial charge is 0.362 e. The van der Waals surface area contributed by atoms with Crippen molar-refractivity contribution >= 4 is 11.5 Å². The molecule has 0 aliphatic heterocycles. The second-order valence-corrected chi connectivity index (χ2v) is 3.92. The Morgan fingerprint density at radius 2 is 2.28 bits per heavy atom. The molecule has 0 aromatic carbocycles. The van der Waals surface area contributed by atoms with Crippen molar-refractivity contribution in [1.29, 1.82) is 0 Å². The van der Waals surface area contributed by atoms with Crippen molar-refractivity contribution in [2.24, 2.45) is 14.1 Å². The predicted octanol–water partition coefficient (Wildman–Crippen LogP) is 0.716. The minimum Gasteiger partial charge on any atom is -0.362 e. The van der Waals surface area contributed by atoms with Crippen LogP contribution in [-0.2, 0) is 20.5 Å². The summed E-state index contributed by atoms with van der Waals surface area (Å²) in [5.74, 6) is 1.21. The average Bonchev–Trinajstić information content (AvgIpc) is 2.86. The van der Waals surface area contributed by atoms with Gasteiger partial charge in [0.25, 0.3) is 0 Å². The first-order valence-corrected chi connectivity index (χ1v) is 5.46. The van der Waals surface area contributed by atoms with E-state index in [9.17, 15) is 10.1 Å². The number of rotatable bonds is 5. The zero-order chi connectivity index (χ0) is 13.1. The monoisotopic (exact) mass is 250 g/mol. The Balaban J connectivity index is 1.98. The summed E-state index contributed by atoms with van der Waals surface area (Å²) in [5, 5.41) is 17.7. The van der Waals surface area contributed by atoms with Gasteiger partial charge in [0.2, 0.25) is 5.82 Å². The Morgan fingerprint density at radius 1 is 1.50 bits per heavy atom. The summed E-state index contributed by atoms with van der Waals surface area (Å²) in [5.41, 5.74) is -0.0164. The van der Waals surface area contributed by atoms with Gasteiger partial charge in [-0.05, 0) is 0 Å². The number of aryl methyl sites for hydroxylation is 2. The van der Waals surface area contributed by atoms with Gasteiger partial charge < -0.3 is 9.88 Å². The van der Waals surface area contributed by atoms with Gasteiger partial charge in [-0.25, -0.2) is 4.98 Å². The van der Waals surface area contributed by atoms with E-state index in [4.69, 9.17) is 0 Å². The molecule has 8 nitrogen and oxygen atoms in total. The summed E-state index contributed by atoms with van der Waals surface area (Å²) >= 11 is 0. The van der Waals surface area contributed by atoms with Gasteiger partial charge in [-0.3, -0.25) is 14.8 Å². The molecular formula is C10H14N6O2. The topological polar surface area (TPSA) is 90.8 Å². The van der Waals surface area contributed by atoms with Crippen LogP contribution in [-0.4, -0.2) is 30.8 Å². The lowest BCUT2D eigenvalue weighted by molar-refractivity contribution is -0.384. The van der Waals surface area contributed by atoms with Crippen molar-refractivity contribution < 1.29 is 4.92 Å². The molecule has 8 heteroatoms. The lowest BCUT2D eigenvalue weighted by atomic mass is 10.4. The van der Waals surface area contributed by atoms with Crippen molar-refractivity contribution in [2.75, 3.05) is 11.9 Å². The first-order valence-electron chi connectivity index (χ1n) is 5.46. The molecule has 0 spiro atoms. The summed E-state index contributed by atoms with van der Waals surface area (Å²) < 4.78 is 3.33. The number of nitro groups is 1. The molecule has 0 unspecified atom stereocenters. The highest BCUT2D eigenvalue weighted by molar-refractivity contribution is 5.54. The molecule has 0 amide bonds. The van der Waals surface area contributed by atoms with Crippen molar-refractivity contribution in [3.05, 3.63) is 34.5 Å². The molecule has 0 radical (unpaired) electrons. The molecule has 0 saturated carbocycles. The molecule has 0 aliphatic rings. The van der Waals surface area contributed by atoms with Crippen LogP contribution in [0.2, 0.25) is 0 Å². The van der Waals surface area contributed by atoms with Crippen LogP contribution in [0.15, 0.2) is 18.6 Å². The molecule has 1 N–H and O–H groups in total. The molecule has 2 rings (SSSR count). The second kappa shape index (κ2) is 4.86. The molecular weight excluding hydrogens is 236 g/mol. The van der Waals surface area contributed by atoms with Crippen LogP contribution >= 0.6 is 0 Å². The quantitative estimate of drug-likeness (QED) is 0.623. The Kier molecular flexibility index (Phi) is 3.26. The predicted molar refractivity (Wildman–Crippen MR) is 65.3 cm³/mol. The van der Waals surface area contributed by atoms with E-state index in [0.717, 1.165) is 5.82 Å². The Morgan fingerprint density at radius 3 is 2.89 bits per heavy atom. The van der Waals surface area contributed by atoms with Crippen LogP contribution in [0.3, 0.4) is 0 Å². The standard InChI is InChI=1S/C10H14N6O2/c1-14-6-5-11-9(14)3-4-12-10-8(16(17)18)7-15(2)13-10/h5-7H,3-4H2,1-2H3,(H,12,13). The van der Waals surface area contributed by atoms with E-state index >= 15 is 0 Å². The molecule has 2 aromatic rings. The Hall–Kier alpha value is -2.38. The molecule has 0 fully saturated rings. The number of imidazole rings is 1. The van der Waals surface area contributed by atoms with Gasteiger partial charge in [-0.2, -0.15) is 0 Å². The third-order valence-electron chi connectivity index (χ3n) is 2.57. The highest BCUT2D eigenvalue weighted by Gasteiger charge is 2.17. The zero-order valence-electron chi connectivity index (χ0n) is 10.2. The van der Waals surface area contributed by atoms with E-state index in [1.807, 2.05) is 17.8 Å². The maximum Gasteiger partial charge on any atom is 0.330 e. The SMILES string of the molecule is Cn1cc([N+](=O)[O-])c(NCCc2nccn2C)n1. The van der Waals surface area contributed by atoms with Crippen LogP contribution in [0.5, 0.6) is 0 Å². The molecule has 0 saturated heterocycles. The van der Waals surface area contributed by atoms with Crippen molar-refractivity contribution in [2.45, 2.75) is 6.42 Å². The molecule has 18 heavy (non-hydrogen) atoms. The van der Waals surface area contributed by atoms with Crippen LogP contribution in [0.25, 0.3) is 0 Å². The fourth-order valence-corrected chi connectivity index (χ4v) is 1.67. The first-order chi connectivity index (χ1) is 8.58. The van der Waals surface area contributed by atoms with E-state index in [2.05, 4.69) is 15.4 Å². The number of aromatic nitrogens is 4. The Bertz CT molecular complexity index is 558. The fourth-order valence-electron chi connectivity index (χ4n) is 1.67. The minimum absolute atomic E-state index is 0.0164. The van der Waals surface area contributed by atoms with Gasteiger partial charge >= 0.3 is 5.69 Å². The minimum atomic E-state index is -0.448. The molecule has 0 aliphatic carbocycles. The van der Waals surface area contributed by atoms with Gasteiger partial charge in [0.05, 0.1) is 4.92 Å². The number of nitrogens with one attached hydrogen (secondary N) is 1. The molecule has 0 bridgehead atoms. The maximum atomic E-state index is 10.8. The highest BCUT2D eigenvalue weighted by atomic mass is 16.6. The lowest BCUT2D eigenvalue weighted by Crippen LogP contribution is -2.10. The summed E-state index contributed by atoms with van der Waals surface area (Å²) in [6.07, 6.45) is 5.64. The number of hydrogen-bond donors (Lipinski definition) is 1. The van der Waals surface area contributed by atoms with Gasteiger partial charge in [-0.15, -0.1) is 5.10 Å². The summed E-state index contributed by atoms with van der Waals surface area (Å²) in [6, 6.07) is 0. The zero-order valence-corrected chi connectivity index (χ0v) is 10.2. The summed E-state index contributed by atoms with van der Waals surface area (Å²) in [4.78, 5) is 14.5. The lowest BCUT2D eigenvalue weighted by Gasteiger charge is -2.03. The third kappa shape index (κ3) is 2.47. The van der Waals surface area contributed by atoms with E-state index in [0.29, 0.717) is 13.0 Å². The summed E-state index contributed by atoms with van der Waals surface area (Å²) in [6.45, 7) is 0.544. The first kappa shape index (κ1) is 12.1. The molecule has 96 valence electrons. The molecule has 0 atom stereocenters. The van der Waals surface area contributed by atoms with E-state index in [-0.39, 0.29) is 11.5 Å². The van der Waals surface area contributed by atoms with Crippen LogP contribution in [0.4, 0.5) is 11.5 Å². The van der Waals surface area contributed by atoms with Gasteiger partial charge in [-0.1, -0.05) is 0 Å². The number of nitrogens with zero attached hydrogens (tertiary/aromatic N) is 5. The second-order valence-electron chi connectivity index (χ2n) is 3.92. The summed E-state index contributed by atoms with van der Waals surface area (Å²) in [7, 11) is 3.56. The smallest absolute Gasteiger partial charge is 0.330 e. The van der Waals surface area contributed by atoms with E-state index in [1.54, 1.807) is 13.2 Å². The van der Waals surface area contributed by atoms with Crippen molar-refractivity contribution in [3.8, 4) is 0 Å².